The summed E-state index contributed by atoms with van der Waals surface area (Å²) in [5, 5.41) is 10.7. The van der Waals surface area contributed by atoms with Crippen molar-refractivity contribution in [3.05, 3.63) is 70.9 Å². The van der Waals surface area contributed by atoms with Crippen LogP contribution in [0.5, 0.6) is 5.75 Å². The van der Waals surface area contributed by atoms with Gasteiger partial charge in [0.15, 0.2) is 11.5 Å². The molecule has 0 atom stereocenters. The van der Waals surface area contributed by atoms with Crippen molar-refractivity contribution < 1.29 is 9.53 Å². The molecule has 0 fully saturated rings. The van der Waals surface area contributed by atoms with Crippen LogP contribution in [0.25, 0.3) is 0 Å². The number of ether oxygens (including phenoxy) is 1. The van der Waals surface area contributed by atoms with Crippen molar-refractivity contribution in [1.82, 2.24) is 20.3 Å². The molecule has 3 rings (SSSR count). The van der Waals surface area contributed by atoms with E-state index in [1.54, 1.807) is 7.11 Å². The maximum absolute atomic E-state index is 12.3. The molecular formula is C19H21N5O2. The van der Waals surface area contributed by atoms with E-state index < -0.39 is 0 Å². The number of nitrogen functional groups attached to an aromatic ring is 1. The first-order valence-corrected chi connectivity index (χ1v) is 8.22. The largest absolute Gasteiger partial charge is 0.497 e. The van der Waals surface area contributed by atoms with Crippen LogP contribution in [0.3, 0.4) is 0 Å². The van der Waals surface area contributed by atoms with Crippen molar-refractivity contribution in [2.75, 3.05) is 12.8 Å². The average Bonchev–Trinajstić information content (AvgIpc) is 3.01. The monoisotopic (exact) mass is 351 g/mol. The fourth-order valence-corrected chi connectivity index (χ4v) is 2.51. The predicted octanol–water partition coefficient (Wildman–Crippen LogP) is 2.16. The van der Waals surface area contributed by atoms with Crippen LogP contribution in [-0.2, 0) is 13.1 Å². The van der Waals surface area contributed by atoms with E-state index in [4.69, 9.17) is 10.5 Å². The van der Waals surface area contributed by atoms with Gasteiger partial charge in [0.2, 0.25) is 0 Å². The third kappa shape index (κ3) is 4.00. The number of amides is 1. The Kier molecular flexibility index (Phi) is 5.17. The Bertz CT molecular complexity index is 903. The number of nitrogens with zero attached hydrogens (tertiary/aromatic N) is 3. The second kappa shape index (κ2) is 7.69. The molecule has 26 heavy (non-hydrogen) atoms. The van der Waals surface area contributed by atoms with Gasteiger partial charge >= 0.3 is 0 Å². The van der Waals surface area contributed by atoms with Gasteiger partial charge in [-0.3, -0.25) is 4.79 Å². The van der Waals surface area contributed by atoms with Gasteiger partial charge in [0, 0.05) is 6.54 Å². The summed E-state index contributed by atoms with van der Waals surface area (Å²) in [4.78, 5) is 12.3. The third-order valence-electron chi connectivity index (χ3n) is 4.03. The second-order valence-electron chi connectivity index (χ2n) is 6.00. The van der Waals surface area contributed by atoms with Gasteiger partial charge in [-0.15, -0.1) is 5.10 Å². The lowest BCUT2D eigenvalue weighted by Gasteiger charge is -2.07. The van der Waals surface area contributed by atoms with Gasteiger partial charge in [-0.25, -0.2) is 4.68 Å². The van der Waals surface area contributed by atoms with E-state index in [0.29, 0.717) is 13.1 Å². The lowest BCUT2D eigenvalue weighted by Crippen LogP contribution is -2.24. The molecular weight excluding hydrogens is 330 g/mol. The van der Waals surface area contributed by atoms with Gasteiger partial charge in [0.1, 0.15) is 5.75 Å². The first-order valence-electron chi connectivity index (χ1n) is 8.22. The highest BCUT2D eigenvalue weighted by molar-refractivity contribution is 5.96. The highest BCUT2D eigenvalue weighted by atomic mass is 16.5. The number of nitrogens with one attached hydrogen (secondary N) is 1. The van der Waals surface area contributed by atoms with Gasteiger partial charge in [0.25, 0.3) is 5.91 Å². The summed E-state index contributed by atoms with van der Waals surface area (Å²) in [6.07, 6.45) is 0. The molecule has 0 saturated carbocycles. The van der Waals surface area contributed by atoms with E-state index in [0.717, 1.165) is 16.9 Å². The molecule has 0 aliphatic heterocycles. The number of benzene rings is 2. The molecule has 0 radical (unpaired) electrons. The van der Waals surface area contributed by atoms with Crippen LogP contribution < -0.4 is 15.8 Å². The smallest absolute Gasteiger partial charge is 0.275 e. The molecule has 0 saturated heterocycles. The van der Waals surface area contributed by atoms with Crippen molar-refractivity contribution in [2.24, 2.45) is 0 Å². The Labute approximate surface area is 151 Å². The van der Waals surface area contributed by atoms with E-state index in [-0.39, 0.29) is 17.4 Å². The van der Waals surface area contributed by atoms with Crippen LogP contribution in [0.15, 0.2) is 48.5 Å². The third-order valence-corrected chi connectivity index (χ3v) is 4.03. The van der Waals surface area contributed by atoms with E-state index in [2.05, 4.69) is 15.6 Å². The van der Waals surface area contributed by atoms with Crippen molar-refractivity contribution in [1.29, 1.82) is 0 Å². The van der Waals surface area contributed by atoms with Crippen molar-refractivity contribution in [3.8, 4) is 5.75 Å². The fraction of sp³-hybridized carbons (Fsp3) is 0.211. The predicted molar refractivity (Wildman–Crippen MR) is 98.9 cm³/mol. The zero-order valence-electron chi connectivity index (χ0n) is 14.8. The van der Waals surface area contributed by atoms with Gasteiger partial charge in [0.05, 0.1) is 13.7 Å². The summed E-state index contributed by atoms with van der Waals surface area (Å²) >= 11 is 0. The fourth-order valence-electron chi connectivity index (χ4n) is 2.51. The lowest BCUT2D eigenvalue weighted by atomic mass is 10.1. The summed E-state index contributed by atoms with van der Waals surface area (Å²) in [5.41, 5.74) is 9.31. The van der Waals surface area contributed by atoms with Gasteiger partial charge in [-0.1, -0.05) is 47.2 Å². The summed E-state index contributed by atoms with van der Waals surface area (Å²) in [5.74, 6) is 0.631. The first kappa shape index (κ1) is 17.5. The number of rotatable bonds is 6. The van der Waals surface area contributed by atoms with E-state index in [1.165, 1.54) is 10.2 Å². The molecule has 0 unspecified atom stereocenters. The number of carbonyl (C=O) groups is 1. The molecule has 3 aromatic rings. The number of methoxy groups -OCH3 is 1. The zero-order valence-corrected chi connectivity index (χ0v) is 14.8. The summed E-state index contributed by atoms with van der Waals surface area (Å²) in [7, 11) is 1.61. The van der Waals surface area contributed by atoms with Crippen LogP contribution >= 0.6 is 0 Å². The Balaban J connectivity index is 1.67. The molecule has 0 aliphatic rings. The standard InChI is InChI=1S/C19H21N5O2/c1-13-6-8-14(9-7-13)11-21-19(25)17-18(20)24(23-22-17)12-15-4-3-5-16(10-15)26-2/h3-10H,11-12,20H2,1-2H3,(H,21,25). The van der Waals surface area contributed by atoms with Crippen LogP contribution in [0.4, 0.5) is 5.82 Å². The summed E-state index contributed by atoms with van der Waals surface area (Å²) in [6.45, 7) is 2.83. The van der Waals surface area contributed by atoms with Gasteiger partial charge in [-0.05, 0) is 30.2 Å². The highest BCUT2D eigenvalue weighted by Gasteiger charge is 2.17. The molecule has 1 aromatic heterocycles. The maximum Gasteiger partial charge on any atom is 0.275 e. The first-order chi connectivity index (χ1) is 12.6. The lowest BCUT2D eigenvalue weighted by molar-refractivity contribution is 0.0946. The molecule has 2 aromatic carbocycles. The normalized spacial score (nSPS) is 10.5. The Morgan fingerprint density at radius 3 is 2.69 bits per heavy atom. The zero-order chi connectivity index (χ0) is 18.5. The minimum Gasteiger partial charge on any atom is -0.497 e. The maximum atomic E-state index is 12.3. The van der Waals surface area contributed by atoms with Crippen LogP contribution in [0.2, 0.25) is 0 Å². The second-order valence-corrected chi connectivity index (χ2v) is 6.00. The van der Waals surface area contributed by atoms with Gasteiger partial charge in [-0.2, -0.15) is 0 Å². The van der Waals surface area contributed by atoms with Crippen LogP contribution in [0.1, 0.15) is 27.2 Å². The number of anilines is 1. The van der Waals surface area contributed by atoms with Crippen molar-refractivity contribution >= 4 is 11.7 Å². The molecule has 0 aliphatic carbocycles. The van der Waals surface area contributed by atoms with Crippen molar-refractivity contribution in [3.63, 3.8) is 0 Å². The number of hydrogen-bond acceptors (Lipinski definition) is 5. The van der Waals surface area contributed by atoms with E-state index in [9.17, 15) is 4.79 Å². The number of nitrogens with two attached hydrogens (primary N) is 1. The Morgan fingerprint density at radius 1 is 1.19 bits per heavy atom. The molecule has 0 bridgehead atoms. The number of aromatic nitrogens is 3. The molecule has 7 heteroatoms. The molecule has 1 heterocycles. The molecule has 3 N–H and O–H groups in total. The SMILES string of the molecule is COc1cccc(Cn2nnc(C(=O)NCc3ccc(C)cc3)c2N)c1. The van der Waals surface area contributed by atoms with E-state index >= 15 is 0 Å². The molecule has 134 valence electrons. The highest BCUT2D eigenvalue weighted by Crippen LogP contribution is 2.16. The molecule has 0 spiro atoms. The summed E-state index contributed by atoms with van der Waals surface area (Å²) in [6, 6.07) is 15.5. The Hall–Kier alpha value is -3.35. The van der Waals surface area contributed by atoms with E-state index in [1.807, 2.05) is 55.5 Å². The van der Waals surface area contributed by atoms with Gasteiger partial charge < -0.3 is 15.8 Å². The van der Waals surface area contributed by atoms with Crippen LogP contribution in [0, 0.1) is 6.92 Å². The number of carbonyl (C=O) groups excluding carboxylic acids is 1. The number of aryl methyl sites for hydroxylation is 1. The minimum absolute atomic E-state index is 0.125. The average molecular weight is 351 g/mol. The molecule has 1 amide bonds. The molecule has 7 nitrogen and oxygen atoms in total. The number of hydrogen-bond donors (Lipinski definition) is 2. The minimum atomic E-state index is -0.347. The topological polar surface area (TPSA) is 95.1 Å². The summed E-state index contributed by atoms with van der Waals surface area (Å²) < 4.78 is 6.70. The quantitative estimate of drug-likeness (QED) is 0.709. The Morgan fingerprint density at radius 2 is 1.96 bits per heavy atom. The van der Waals surface area contributed by atoms with Crippen molar-refractivity contribution in [2.45, 2.75) is 20.0 Å². The van der Waals surface area contributed by atoms with Crippen LogP contribution in [-0.4, -0.2) is 28.0 Å².